The number of hydrogen-bond donors (Lipinski definition) is 1. The first kappa shape index (κ1) is 13.3. The third kappa shape index (κ3) is 3.20. The van der Waals surface area contributed by atoms with Gasteiger partial charge in [0.05, 0.1) is 7.11 Å². The van der Waals surface area contributed by atoms with Crippen LogP contribution in [0.15, 0.2) is 24.3 Å². The minimum absolute atomic E-state index is 0. The number of benzene rings is 1. The van der Waals surface area contributed by atoms with Gasteiger partial charge in [0.1, 0.15) is 5.75 Å². The van der Waals surface area contributed by atoms with Gasteiger partial charge in [-0.1, -0.05) is 26.0 Å². The molecule has 0 heterocycles. The molecule has 0 aromatic heterocycles. The first-order chi connectivity index (χ1) is 6.15. The number of methoxy groups -OCH3 is 1. The van der Waals surface area contributed by atoms with Gasteiger partial charge in [0, 0.05) is 6.04 Å². The van der Waals surface area contributed by atoms with Gasteiger partial charge >= 0.3 is 0 Å². The van der Waals surface area contributed by atoms with E-state index in [0.717, 1.165) is 11.3 Å². The number of hydrogen-bond acceptors (Lipinski definition) is 2. The molecule has 0 saturated carbocycles. The molecule has 2 nitrogen and oxygen atoms in total. The maximum atomic E-state index is 6.01. The molecule has 14 heavy (non-hydrogen) atoms. The first-order valence-electron chi connectivity index (χ1n) is 4.54. The summed E-state index contributed by atoms with van der Waals surface area (Å²) in [6, 6.07) is 8.01. The van der Waals surface area contributed by atoms with Gasteiger partial charge in [0.15, 0.2) is 0 Å². The predicted molar refractivity (Wildman–Crippen MR) is 62.0 cm³/mol. The summed E-state index contributed by atoms with van der Waals surface area (Å²) in [4.78, 5) is 0. The lowest BCUT2D eigenvalue weighted by atomic mass is 9.97. The van der Waals surface area contributed by atoms with Gasteiger partial charge in [0.25, 0.3) is 0 Å². The summed E-state index contributed by atoms with van der Waals surface area (Å²) in [6.45, 7) is 4.23. The topological polar surface area (TPSA) is 35.2 Å². The number of nitrogens with two attached hydrogens (primary N) is 1. The molecule has 80 valence electrons. The van der Waals surface area contributed by atoms with E-state index in [9.17, 15) is 0 Å². The highest BCUT2D eigenvalue weighted by Crippen LogP contribution is 2.22. The van der Waals surface area contributed by atoms with Crippen molar-refractivity contribution in [1.82, 2.24) is 0 Å². The second-order valence-corrected chi connectivity index (χ2v) is 3.55. The zero-order chi connectivity index (χ0) is 9.84. The highest BCUT2D eigenvalue weighted by atomic mass is 35.5. The van der Waals surface area contributed by atoms with Crippen LogP contribution in [0, 0.1) is 5.92 Å². The molecule has 0 aliphatic carbocycles. The molecule has 0 amide bonds. The van der Waals surface area contributed by atoms with Crippen molar-refractivity contribution in [2.45, 2.75) is 19.9 Å². The molecule has 2 N–H and O–H groups in total. The molecule has 1 rings (SSSR count). The van der Waals surface area contributed by atoms with E-state index in [-0.39, 0.29) is 18.4 Å². The van der Waals surface area contributed by atoms with E-state index in [1.807, 2.05) is 24.3 Å². The summed E-state index contributed by atoms with van der Waals surface area (Å²) >= 11 is 0. The Morgan fingerprint density at radius 2 is 1.93 bits per heavy atom. The summed E-state index contributed by atoms with van der Waals surface area (Å²) in [6.07, 6.45) is 0. The van der Waals surface area contributed by atoms with E-state index in [4.69, 9.17) is 10.5 Å². The van der Waals surface area contributed by atoms with Crippen LogP contribution < -0.4 is 10.5 Å². The SMILES string of the molecule is COc1cccc(C(N)C(C)C)c1.Cl. The molecule has 0 saturated heterocycles. The van der Waals surface area contributed by atoms with Crippen molar-refractivity contribution in [2.75, 3.05) is 7.11 Å². The highest BCUT2D eigenvalue weighted by molar-refractivity contribution is 5.85. The summed E-state index contributed by atoms with van der Waals surface area (Å²) in [5.74, 6) is 1.32. The normalized spacial score (nSPS) is 12.1. The van der Waals surface area contributed by atoms with Crippen molar-refractivity contribution in [3.05, 3.63) is 29.8 Å². The van der Waals surface area contributed by atoms with Crippen LogP contribution in [0.1, 0.15) is 25.5 Å². The Hall–Kier alpha value is -0.730. The van der Waals surface area contributed by atoms with Crippen molar-refractivity contribution < 1.29 is 4.74 Å². The molecule has 0 fully saturated rings. The lowest BCUT2D eigenvalue weighted by Gasteiger charge is -2.16. The third-order valence-corrected chi connectivity index (χ3v) is 2.20. The van der Waals surface area contributed by atoms with Crippen LogP contribution in [0.25, 0.3) is 0 Å². The molecule has 1 aromatic carbocycles. The largest absolute Gasteiger partial charge is 0.497 e. The molecule has 0 aliphatic rings. The van der Waals surface area contributed by atoms with Gasteiger partial charge in [-0.15, -0.1) is 12.4 Å². The van der Waals surface area contributed by atoms with E-state index < -0.39 is 0 Å². The first-order valence-corrected chi connectivity index (χ1v) is 4.54. The summed E-state index contributed by atoms with van der Waals surface area (Å²) < 4.78 is 5.13. The Morgan fingerprint density at radius 3 is 2.43 bits per heavy atom. The van der Waals surface area contributed by atoms with Gasteiger partial charge in [-0.05, 0) is 23.6 Å². The van der Waals surface area contributed by atoms with Crippen molar-refractivity contribution in [1.29, 1.82) is 0 Å². The molecular formula is C11H18ClNO. The standard InChI is InChI=1S/C11H17NO.ClH/c1-8(2)11(12)9-5-4-6-10(7-9)13-3;/h4-8,11H,12H2,1-3H3;1H. The van der Waals surface area contributed by atoms with E-state index in [2.05, 4.69) is 13.8 Å². The minimum atomic E-state index is 0. The second kappa shape index (κ2) is 5.89. The molecule has 0 spiro atoms. The van der Waals surface area contributed by atoms with Crippen LogP contribution in [0.5, 0.6) is 5.75 Å². The fourth-order valence-electron chi connectivity index (χ4n) is 1.23. The van der Waals surface area contributed by atoms with E-state index in [1.54, 1.807) is 7.11 Å². The summed E-state index contributed by atoms with van der Waals surface area (Å²) in [5, 5.41) is 0. The van der Waals surface area contributed by atoms with Crippen molar-refractivity contribution in [3.63, 3.8) is 0 Å². The zero-order valence-corrected chi connectivity index (χ0v) is 9.67. The lowest BCUT2D eigenvalue weighted by Crippen LogP contribution is -2.16. The third-order valence-electron chi connectivity index (χ3n) is 2.20. The fourth-order valence-corrected chi connectivity index (χ4v) is 1.23. The molecule has 0 radical (unpaired) electrons. The van der Waals surface area contributed by atoms with Gasteiger partial charge in [0.2, 0.25) is 0 Å². The van der Waals surface area contributed by atoms with Crippen LogP contribution in [0.3, 0.4) is 0 Å². The van der Waals surface area contributed by atoms with Crippen molar-refractivity contribution in [2.24, 2.45) is 11.7 Å². The van der Waals surface area contributed by atoms with Gasteiger partial charge < -0.3 is 10.5 Å². The Kier molecular flexibility index (Phi) is 5.58. The lowest BCUT2D eigenvalue weighted by molar-refractivity contribution is 0.412. The van der Waals surface area contributed by atoms with Crippen molar-refractivity contribution >= 4 is 12.4 Å². The average Bonchev–Trinajstić information content (AvgIpc) is 2.16. The van der Waals surface area contributed by atoms with Crippen LogP contribution in [-0.2, 0) is 0 Å². The van der Waals surface area contributed by atoms with E-state index in [1.165, 1.54) is 0 Å². The van der Waals surface area contributed by atoms with E-state index in [0.29, 0.717) is 5.92 Å². The van der Waals surface area contributed by atoms with Crippen LogP contribution >= 0.6 is 12.4 Å². The molecule has 0 aliphatic heterocycles. The smallest absolute Gasteiger partial charge is 0.119 e. The molecule has 3 heteroatoms. The summed E-state index contributed by atoms with van der Waals surface area (Å²) in [5.41, 5.74) is 7.14. The monoisotopic (exact) mass is 215 g/mol. The molecule has 0 bridgehead atoms. The minimum Gasteiger partial charge on any atom is -0.497 e. The van der Waals surface area contributed by atoms with E-state index >= 15 is 0 Å². The second-order valence-electron chi connectivity index (χ2n) is 3.55. The highest BCUT2D eigenvalue weighted by Gasteiger charge is 2.10. The molecule has 1 unspecified atom stereocenters. The molecular weight excluding hydrogens is 198 g/mol. The quantitative estimate of drug-likeness (QED) is 0.842. The Morgan fingerprint density at radius 1 is 1.29 bits per heavy atom. The van der Waals surface area contributed by atoms with Crippen LogP contribution in [0.2, 0.25) is 0 Å². The van der Waals surface area contributed by atoms with Gasteiger partial charge in [-0.25, -0.2) is 0 Å². The summed E-state index contributed by atoms with van der Waals surface area (Å²) in [7, 11) is 1.67. The number of ether oxygens (including phenoxy) is 1. The van der Waals surface area contributed by atoms with Gasteiger partial charge in [-0.2, -0.15) is 0 Å². The van der Waals surface area contributed by atoms with Crippen LogP contribution in [0.4, 0.5) is 0 Å². The Labute approximate surface area is 91.9 Å². The number of halogens is 1. The molecule has 1 aromatic rings. The van der Waals surface area contributed by atoms with Crippen LogP contribution in [-0.4, -0.2) is 7.11 Å². The maximum Gasteiger partial charge on any atom is 0.119 e. The predicted octanol–water partition coefficient (Wildman–Crippen LogP) is 2.77. The average molecular weight is 216 g/mol. The zero-order valence-electron chi connectivity index (χ0n) is 8.86. The number of rotatable bonds is 3. The fraction of sp³-hybridized carbons (Fsp3) is 0.455. The maximum absolute atomic E-state index is 6.01. The Bertz CT molecular complexity index is 276. The van der Waals surface area contributed by atoms with Crippen molar-refractivity contribution in [3.8, 4) is 5.75 Å². The molecule has 1 atom stereocenters. The van der Waals surface area contributed by atoms with Gasteiger partial charge in [-0.3, -0.25) is 0 Å². The Balaban J connectivity index is 0.00000169.